The van der Waals surface area contributed by atoms with Crippen molar-refractivity contribution in [1.29, 1.82) is 0 Å². The van der Waals surface area contributed by atoms with Gasteiger partial charge in [-0.2, -0.15) is 0 Å². The molecule has 0 atom stereocenters. The Hall–Kier alpha value is -1.78. The van der Waals surface area contributed by atoms with Crippen molar-refractivity contribution in [3.05, 3.63) is 24.3 Å². The molecule has 10 heteroatoms. The van der Waals surface area contributed by atoms with Crippen LogP contribution in [0, 0.1) is 0 Å². The maximum absolute atomic E-state index is 12.4. The maximum atomic E-state index is 12.4. The molecule has 1 aliphatic rings. The molecule has 1 aromatic rings. The van der Waals surface area contributed by atoms with E-state index in [1.165, 1.54) is 5.69 Å². The Bertz CT molecular complexity index is 719. The third-order valence-electron chi connectivity index (χ3n) is 4.81. The summed E-state index contributed by atoms with van der Waals surface area (Å²) >= 11 is 0. The van der Waals surface area contributed by atoms with Crippen LogP contribution in [0.4, 0.5) is 21.0 Å². The lowest BCUT2D eigenvalue weighted by molar-refractivity contribution is 0.0531. The molecule has 2 N–H and O–H groups in total. The number of piperazine rings is 1. The van der Waals surface area contributed by atoms with Crippen molar-refractivity contribution in [2.24, 2.45) is 0 Å². The molecule has 8 nitrogen and oxygen atoms in total. The van der Waals surface area contributed by atoms with E-state index in [4.69, 9.17) is 4.74 Å². The Morgan fingerprint density at radius 3 is 2.12 bits per heavy atom. The van der Waals surface area contributed by atoms with Gasteiger partial charge in [0.15, 0.2) is 0 Å². The van der Waals surface area contributed by atoms with Crippen LogP contribution in [0.5, 0.6) is 0 Å². The van der Waals surface area contributed by atoms with Gasteiger partial charge in [-0.15, -0.1) is 0 Å². The van der Waals surface area contributed by atoms with E-state index < -0.39 is 11.7 Å². The van der Waals surface area contributed by atoms with Gasteiger partial charge in [0.1, 0.15) is 5.60 Å². The molecular formula is C22H37N5O3S2. The summed E-state index contributed by atoms with van der Waals surface area (Å²) in [5.74, 6) is 1.57. The van der Waals surface area contributed by atoms with Crippen molar-refractivity contribution in [2.45, 2.75) is 26.4 Å². The van der Waals surface area contributed by atoms with Crippen LogP contribution >= 0.6 is 21.6 Å². The third-order valence-corrected chi connectivity index (χ3v) is 7.22. The summed E-state index contributed by atoms with van der Waals surface area (Å²) in [7, 11) is 7.26. The molecule has 1 saturated heterocycles. The van der Waals surface area contributed by atoms with E-state index in [2.05, 4.69) is 39.6 Å². The Morgan fingerprint density at radius 1 is 1.00 bits per heavy atom. The van der Waals surface area contributed by atoms with Gasteiger partial charge in [-0.1, -0.05) is 21.6 Å². The molecular weight excluding hydrogens is 446 g/mol. The number of anilines is 2. The summed E-state index contributed by atoms with van der Waals surface area (Å²) in [4.78, 5) is 30.3. The Morgan fingerprint density at radius 2 is 1.56 bits per heavy atom. The molecule has 0 aromatic heterocycles. The first-order valence-corrected chi connectivity index (χ1v) is 13.4. The quantitative estimate of drug-likeness (QED) is 0.411. The highest BCUT2D eigenvalue weighted by molar-refractivity contribution is 8.76. The van der Waals surface area contributed by atoms with Gasteiger partial charge < -0.3 is 25.2 Å². The largest absolute Gasteiger partial charge is 0.444 e. The van der Waals surface area contributed by atoms with E-state index >= 15 is 0 Å². The summed E-state index contributed by atoms with van der Waals surface area (Å²) in [6.45, 7) is 10.8. The molecule has 0 unspecified atom stereocenters. The van der Waals surface area contributed by atoms with Gasteiger partial charge in [-0.05, 0) is 52.1 Å². The average Bonchev–Trinajstić information content (AvgIpc) is 2.74. The lowest BCUT2D eigenvalue weighted by atomic mass is 10.2. The number of hydrogen-bond donors (Lipinski definition) is 2. The first-order chi connectivity index (χ1) is 15.2. The molecule has 1 aromatic carbocycles. The van der Waals surface area contributed by atoms with E-state index in [-0.39, 0.29) is 6.03 Å². The van der Waals surface area contributed by atoms with E-state index in [0.717, 1.165) is 43.4 Å². The zero-order valence-electron chi connectivity index (χ0n) is 19.8. The highest BCUT2D eigenvalue weighted by Gasteiger charge is 2.16. The number of rotatable bonds is 9. The second-order valence-corrected chi connectivity index (χ2v) is 11.4. The Kier molecular flexibility index (Phi) is 10.8. The SMILES string of the molecule is CN1CCN(c2ccc(N(C)C(=O)NCCSSCCNC(=O)OC(C)(C)C)cc2)CC1. The molecule has 2 rings (SSSR count). The van der Waals surface area contributed by atoms with Gasteiger partial charge in [-0.3, -0.25) is 4.90 Å². The maximum Gasteiger partial charge on any atom is 0.407 e. The van der Waals surface area contributed by atoms with Crippen LogP contribution in [0.25, 0.3) is 0 Å². The monoisotopic (exact) mass is 483 g/mol. The molecule has 1 heterocycles. The van der Waals surface area contributed by atoms with Crippen LogP contribution in [0.15, 0.2) is 24.3 Å². The standard InChI is InChI=1S/C22H37N5O3S2/c1-22(2,3)30-21(29)24-11-17-32-31-16-10-23-20(28)26(5)18-6-8-19(9-7-18)27-14-12-25(4)13-15-27/h6-9H,10-17H2,1-5H3,(H,23,28)(H,24,29). The van der Waals surface area contributed by atoms with Gasteiger partial charge in [0.25, 0.3) is 0 Å². The van der Waals surface area contributed by atoms with Crippen LogP contribution in [0.3, 0.4) is 0 Å². The smallest absolute Gasteiger partial charge is 0.407 e. The zero-order chi connectivity index (χ0) is 23.6. The van der Waals surface area contributed by atoms with Crippen LogP contribution in [-0.4, -0.2) is 87.5 Å². The number of carbonyl (C=O) groups excluding carboxylic acids is 2. The summed E-state index contributed by atoms with van der Waals surface area (Å²) in [6, 6.07) is 8.05. The number of amides is 3. The van der Waals surface area contributed by atoms with Crippen molar-refractivity contribution >= 4 is 45.1 Å². The molecule has 0 radical (unpaired) electrons. The van der Waals surface area contributed by atoms with Gasteiger partial charge in [0.2, 0.25) is 0 Å². The number of nitrogens with one attached hydrogen (secondary N) is 2. The highest BCUT2D eigenvalue weighted by atomic mass is 33.1. The van der Waals surface area contributed by atoms with Crippen LogP contribution in [0.2, 0.25) is 0 Å². The molecule has 0 bridgehead atoms. The van der Waals surface area contributed by atoms with Crippen molar-refractivity contribution in [2.75, 3.05) is 74.7 Å². The van der Waals surface area contributed by atoms with Crippen LogP contribution in [-0.2, 0) is 4.74 Å². The normalized spacial score (nSPS) is 14.7. The molecule has 0 saturated carbocycles. The number of urea groups is 1. The van der Waals surface area contributed by atoms with Crippen LogP contribution in [0.1, 0.15) is 20.8 Å². The van der Waals surface area contributed by atoms with E-state index in [1.54, 1.807) is 33.5 Å². The topological polar surface area (TPSA) is 77.2 Å². The fourth-order valence-corrected chi connectivity index (χ4v) is 4.83. The molecule has 1 fully saturated rings. The molecule has 180 valence electrons. The number of likely N-dealkylation sites (N-methyl/N-ethyl adjacent to an activating group) is 1. The summed E-state index contributed by atoms with van der Waals surface area (Å²) in [6.07, 6.45) is -0.394. The molecule has 0 aliphatic carbocycles. The van der Waals surface area contributed by atoms with Gasteiger partial charge in [-0.25, -0.2) is 9.59 Å². The van der Waals surface area contributed by atoms with E-state index in [0.29, 0.717) is 13.1 Å². The Balaban J connectivity index is 1.58. The molecule has 3 amide bonds. The average molecular weight is 484 g/mol. The summed E-state index contributed by atoms with van der Waals surface area (Å²) in [5.41, 5.74) is 1.59. The lowest BCUT2D eigenvalue weighted by Gasteiger charge is -2.34. The zero-order valence-corrected chi connectivity index (χ0v) is 21.5. The predicted octanol–water partition coefficient (Wildman–Crippen LogP) is 3.49. The van der Waals surface area contributed by atoms with Gasteiger partial charge in [0, 0.05) is 69.2 Å². The number of ether oxygens (including phenoxy) is 1. The van der Waals surface area contributed by atoms with Crippen molar-refractivity contribution in [1.82, 2.24) is 15.5 Å². The molecule has 1 aliphatic heterocycles. The highest BCUT2D eigenvalue weighted by Crippen LogP contribution is 2.22. The minimum Gasteiger partial charge on any atom is -0.444 e. The predicted molar refractivity (Wildman–Crippen MR) is 137 cm³/mol. The second kappa shape index (κ2) is 13.1. The van der Waals surface area contributed by atoms with Crippen molar-refractivity contribution < 1.29 is 14.3 Å². The number of hydrogen-bond acceptors (Lipinski definition) is 7. The number of alkyl carbamates (subject to hydrolysis) is 1. The fourth-order valence-electron chi connectivity index (χ4n) is 3.01. The Labute approximate surface area is 200 Å². The van der Waals surface area contributed by atoms with Crippen LogP contribution < -0.4 is 20.4 Å². The summed E-state index contributed by atoms with van der Waals surface area (Å²) in [5, 5.41) is 5.68. The number of carbonyl (C=O) groups is 2. The first kappa shape index (κ1) is 26.5. The van der Waals surface area contributed by atoms with E-state index in [9.17, 15) is 9.59 Å². The fraction of sp³-hybridized carbons (Fsp3) is 0.636. The minimum absolute atomic E-state index is 0.116. The summed E-state index contributed by atoms with van der Waals surface area (Å²) < 4.78 is 5.19. The second-order valence-electron chi connectivity index (χ2n) is 8.67. The number of benzene rings is 1. The van der Waals surface area contributed by atoms with Crippen molar-refractivity contribution in [3.8, 4) is 0 Å². The minimum atomic E-state index is -0.482. The molecule has 0 spiro atoms. The number of nitrogens with zero attached hydrogens (tertiary/aromatic N) is 3. The molecule has 32 heavy (non-hydrogen) atoms. The first-order valence-electron chi connectivity index (χ1n) is 10.9. The van der Waals surface area contributed by atoms with Gasteiger partial charge in [0.05, 0.1) is 0 Å². The van der Waals surface area contributed by atoms with Crippen molar-refractivity contribution in [3.63, 3.8) is 0 Å². The van der Waals surface area contributed by atoms with Gasteiger partial charge >= 0.3 is 12.1 Å². The van der Waals surface area contributed by atoms with E-state index in [1.807, 2.05) is 32.9 Å². The lowest BCUT2D eigenvalue weighted by Crippen LogP contribution is -2.44. The third kappa shape index (κ3) is 9.79.